The van der Waals surface area contributed by atoms with Gasteiger partial charge in [0.2, 0.25) is 0 Å². The van der Waals surface area contributed by atoms with Gasteiger partial charge >= 0.3 is 0 Å². The van der Waals surface area contributed by atoms with Gasteiger partial charge in [-0.2, -0.15) is 0 Å². The van der Waals surface area contributed by atoms with Gasteiger partial charge in [0.25, 0.3) is 0 Å². The Labute approximate surface area is 128 Å². The summed E-state index contributed by atoms with van der Waals surface area (Å²) in [5.74, 6) is 1.11. The summed E-state index contributed by atoms with van der Waals surface area (Å²) in [6, 6.07) is 5.36. The molecule has 22 heavy (non-hydrogen) atoms. The number of aromatic hydroxyl groups is 1. The summed E-state index contributed by atoms with van der Waals surface area (Å²) in [4.78, 5) is 0. The molecule has 0 aromatic heterocycles. The molecule has 5 nitrogen and oxygen atoms in total. The zero-order chi connectivity index (χ0) is 16.1. The van der Waals surface area contributed by atoms with Crippen LogP contribution in [0.25, 0.3) is 10.8 Å². The molecule has 1 aliphatic rings. The van der Waals surface area contributed by atoms with Gasteiger partial charge in [0.05, 0.1) is 31.3 Å². The summed E-state index contributed by atoms with van der Waals surface area (Å²) >= 11 is 0. The quantitative estimate of drug-likeness (QED) is 0.793. The minimum Gasteiger partial charge on any atom is -0.507 e. The van der Waals surface area contributed by atoms with Gasteiger partial charge in [-0.1, -0.05) is 6.07 Å². The highest BCUT2D eigenvalue weighted by atomic mass is 16.5. The van der Waals surface area contributed by atoms with E-state index in [1.165, 1.54) is 7.11 Å². The molecule has 0 heterocycles. The molecular weight excluding hydrogens is 284 g/mol. The molecule has 0 unspecified atom stereocenters. The Morgan fingerprint density at radius 1 is 1.18 bits per heavy atom. The van der Waals surface area contributed by atoms with Crippen LogP contribution in [0.1, 0.15) is 30.6 Å². The minimum atomic E-state index is -0.991. The Hall–Kier alpha value is -1.98. The number of rotatable bonds is 2. The van der Waals surface area contributed by atoms with Crippen LogP contribution in [0.3, 0.4) is 0 Å². The van der Waals surface area contributed by atoms with Crippen molar-refractivity contribution in [2.75, 3.05) is 14.2 Å². The third kappa shape index (κ3) is 2.26. The monoisotopic (exact) mass is 304 g/mol. The van der Waals surface area contributed by atoms with E-state index in [-0.39, 0.29) is 12.2 Å². The molecule has 5 heteroatoms. The molecule has 0 spiro atoms. The number of phenolic OH excluding ortho intramolecular Hbond substituents is 1. The third-order valence-corrected chi connectivity index (χ3v) is 4.27. The second-order valence-corrected chi connectivity index (χ2v) is 6.12. The maximum atomic E-state index is 10.6. The van der Waals surface area contributed by atoms with E-state index in [1.807, 2.05) is 6.07 Å². The van der Waals surface area contributed by atoms with Gasteiger partial charge in [0.15, 0.2) is 0 Å². The van der Waals surface area contributed by atoms with E-state index in [0.717, 1.165) is 10.9 Å². The van der Waals surface area contributed by atoms with Gasteiger partial charge in [-0.15, -0.1) is 0 Å². The molecule has 2 aromatic carbocycles. The van der Waals surface area contributed by atoms with E-state index < -0.39 is 11.7 Å². The predicted molar refractivity (Wildman–Crippen MR) is 82.6 cm³/mol. The number of fused-ring (bicyclic) bond motifs is 2. The fourth-order valence-corrected chi connectivity index (χ4v) is 3.33. The van der Waals surface area contributed by atoms with Crippen molar-refractivity contribution >= 4 is 10.8 Å². The van der Waals surface area contributed by atoms with Gasteiger partial charge < -0.3 is 24.8 Å². The van der Waals surface area contributed by atoms with Gasteiger partial charge in [-0.05, 0) is 23.9 Å². The van der Waals surface area contributed by atoms with Crippen molar-refractivity contribution in [1.82, 2.24) is 0 Å². The van der Waals surface area contributed by atoms with Gasteiger partial charge in [-0.25, -0.2) is 0 Å². The lowest BCUT2D eigenvalue weighted by Gasteiger charge is -2.34. The molecule has 0 bridgehead atoms. The van der Waals surface area contributed by atoms with Crippen LogP contribution in [0, 0.1) is 0 Å². The van der Waals surface area contributed by atoms with Crippen LogP contribution in [0.5, 0.6) is 17.2 Å². The SMILES string of the molecule is COc1cc(OC)c2c(O)c3c(cc2c1)C[C@](C)(O)C[C@H]3O. The number of hydrogen-bond acceptors (Lipinski definition) is 5. The number of aliphatic hydroxyl groups excluding tert-OH is 1. The average Bonchev–Trinajstić information content (AvgIpc) is 2.43. The van der Waals surface area contributed by atoms with Crippen LogP contribution in [-0.2, 0) is 6.42 Å². The molecule has 118 valence electrons. The normalized spacial score (nSPS) is 24.1. The first kappa shape index (κ1) is 14.9. The Balaban J connectivity index is 2.33. The summed E-state index contributed by atoms with van der Waals surface area (Å²) in [6.45, 7) is 1.69. The molecule has 0 amide bonds. The summed E-state index contributed by atoms with van der Waals surface area (Å²) in [7, 11) is 3.09. The van der Waals surface area contributed by atoms with Crippen molar-refractivity contribution in [3.8, 4) is 17.2 Å². The fourth-order valence-electron chi connectivity index (χ4n) is 3.33. The largest absolute Gasteiger partial charge is 0.507 e. The van der Waals surface area contributed by atoms with Crippen LogP contribution in [0.4, 0.5) is 0 Å². The second-order valence-electron chi connectivity index (χ2n) is 6.12. The van der Waals surface area contributed by atoms with Crippen molar-refractivity contribution in [2.45, 2.75) is 31.5 Å². The Morgan fingerprint density at radius 2 is 1.91 bits per heavy atom. The molecule has 0 saturated carbocycles. The van der Waals surface area contributed by atoms with Gasteiger partial charge in [0.1, 0.15) is 17.2 Å². The number of aliphatic hydroxyl groups is 2. The topological polar surface area (TPSA) is 79.2 Å². The highest BCUT2D eigenvalue weighted by Gasteiger charge is 2.35. The molecule has 1 aliphatic carbocycles. The molecule has 3 N–H and O–H groups in total. The maximum absolute atomic E-state index is 10.6. The fraction of sp³-hybridized carbons (Fsp3) is 0.412. The van der Waals surface area contributed by atoms with Gasteiger partial charge in [-0.3, -0.25) is 0 Å². The van der Waals surface area contributed by atoms with Gasteiger partial charge in [0, 0.05) is 24.5 Å². The van der Waals surface area contributed by atoms with Crippen LogP contribution in [0.2, 0.25) is 0 Å². The number of phenols is 1. The minimum absolute atomic E-state index is 0.00926. The lowest BCUT2D eigenvalue weighted by Crippen LogP contribution is -2.34. The number of hydrogen-bond donors (Lipinski definition) is 3. The molecule has 0 radical (unpaired) electrons. The van der Waals surface area contributed by atoms with E-state index in [1.54, 1.807) is 26.2 Å². The second kappa shape index (κ2) is 5.04. The molecular formula is C17H20O5. The van der Waals surface area contributed by atoms with E-state index in [9.17, 15) is 15.3 Å². The summed E-state index contributed by atoms with van der Waals surface area (Å²) in [6.07, 6.45) is -0.338. The standard InChI is InChI=1S/C17H20O5/c1-17(20)7-10-4-9-5-11(21-2)6-13(22-3)15(9)16(19)14(10)12(18)8-17/h4-6,12,18-20H,7-8H2,1-3H3/t12-,17+/m1/s1. The average molecular weight is 304 g/mol. The summed E-state index contributed by atoms with van der Waals surface area (Å²) < 4.78 is 10.6. The van der Waals surface area contributed by atoms with Crippen molar-refractivity contribution in [1.29, 1.82) is 0 Å². The Bertz CT molecular complexity index is 736. The van der Waals surface area contributed by atoms with E-state index in [4.69, 9.17) is 9.47 Å². The first-order valence-corrected chi connectivity index (χ1v) is 7.17. The maximum Gasteiger partial charge on any atom is 0.134 e. The van der Waals surface area contributed by atoms with E-state index >= 15 is 0 Å². The third-order valence-electron chi connectivity index (χ3n) is 4.27. The number of ether oxygens (including phenoxy) is 2. The smallest absolute Gasteiger partial charge is 0.134 e. The van der Waals surface area contributed by atoms with E-state index in [0.29, 0.717) is 28.9 Å². The van der Waals surface area contributed by atoms with Crippen molar-refractivity contribution in [2.24, 2.45) is 0 Å². The first-order chi connectivity index (χ1) is 10.4. The number of methoxy groups -OCH3 is 2. The van der Waals surface area contributed by atoms with Crippen molar-refractivity contribution in [3.05, 3.63) is 29.3 Å². The van der Waals surface area contributed by atoms with Crippen LogP contribution >= 0.6 is 0 Å². The zero-order valence-electron chi connectivity index (χ0n) is 12.9. The zero-order valence-corrected chi connectivity index (χ0v) is 12.9. The lowest BCUT2D eigenvalue weighted by molar-refractivity contribution is -0.00811. The van der Waals surface area contributed by atoms with Crippen molar-refractivity contribution in [3.63, 3.8) is 0 Å². The molecule has 2 aromatic rings. The summed E-state index contributed by atoms with van der Waals surface area (Å²) in [5, 5.41) is 32.5. The molecule has 2 atom stereocenters. The first-order valence-electron chi connectivity index (χ1n) is 7.17. The molecule has 3 rings (SSSR count). The van der Waals surface area contributed by atoms with E-state index in [2.05, 4.69) is 0 Å². The van der Waals surface area contributed by atoms with Crippen LogP contribution in [-0.4, -0.2) is 35.1 Å². The lowest BCUT2D eigenvalue weighted by atomic mass is 9.78. The number of benzene rings is 2. The Kier molecular flexibility index (Phi) is 3.42. The highest BCUT2D eigenvalue weighted by Crippen LogP contribution is 2.47. The summed E-state index contributed by atoms with van der Waals surface area (Å²) in [5.41, 5.74) is 0.224. The van der Waals surface area contributed by atoms with Crippen LogP contribution in [0.15, 0.2) is 18.2 Å². The molecule has 0 saturated heterocycles. The predicted octanol–water partition coefficient (Wildman–Crippen LogP) is 2.29. The molecule has 0 fully saturated rings. The van der Waals surface area contributed by atoms with Crippen molar-refractivity contribution < 1.29 is 24.8 Å². The van der Waals surface area contributed by atoms with Crippen LogP contribution < -0.4 is 9.47 Å². The Morgan fingerprint density at radius 3 is 2.55 bits per heavy atom. The highest BCUT2D eigenvalue weighted by molar-refractivity contribution is 5.96. The molecule has 0 aliphatic heterocycles.